The lowest BCUT2D eigenvalue weighted by atomic mass is 10.1. The number of nitrogens with two attached hydrogens (primary N) is 1. The first kappa shape index (κ1) is 13.4. The molecule has 0 aromatic heterocycles. The van der Waals surface area contributed by atoms with Crippen LogP contribution >= 0.6 is 31.9 Å². The summed E-state index contributed by atoms with van der Waals surface area (Å²) in [6.45, 7) is 4.17. The van der Waals surface area contributed by atoms with Gasteiger partial charge < -0.3 is 11.1 Å². The van der Waals surface area contributed by atoms with Crippen LogP contribution in [0.5, 0.6) is 0 Å². The van der Waals surface area contributed by atoms with Crippen LogP contribution in [-0.4, -0.2) is 0 Å². The van der Waals surface area contributed by atoms with E-state index < -0.39 is 0 Å². The van der Waals surface area contributed by atoms with Crippen molar-refractivity contribution in [2.75, 3.05) is 11.1 Å². The number of nitrogens with one attached hydrogen (secondary N) is 1. The maximum atomic E-state index is 5.73. The molecule has 2 nitrogen and oxygen atoms in total. The largest absolute Gasteiger partial charge is 0.399 e. The van der Waals surface area contributed by atoms with E-state index in [1.165, 1.54) is 11.1 Å². The zero-order chi connectivity index (χ0) is 13.3. The molecule has 3 N–H and O–H groups in total. The zero-order valence-electron chi connectivity index (χ0n) is 10.2. The van der Waals surface area contributed by atoms with Crippen LogP contribution < -0.4 is 11.1 Å². The fourth-order valence-electron chi connectivity index (χ4n) is 1.81. The highest BCUT2D eigenvalue weighted by Gasteiger charge is 2.05. The average molecular weight is 370 g/mol. The summed E-state index contributed by atoms with van der Waals surface area (Å²) in [5, 5.41) is 3.39. The highest BCUT2D eigenvalue weighted by atomic mass is 79.9. The Morgan fingerprint density at radius 2 is 1.61 bits per heavy atom. The summed E-state index contributed by atoms with van der Waals surface area (Å²) >= 11 is 7.07. The van der Waals surface area contributed by atoms with Crippen LogP contribution in [0.15, 0.2) is 39.3 Å². The van der Waals surface area contributed by atoms with Crippen molar-refractivity contribution in [1.82, 2.24) is 0 Å². The molecule has 0 amide bonds. The summed E-state index contributed by atoms with van der Waals surface area (Å²) in [5.74, 6) is 0. The van der Waals surface area contributed by atoms with Crippen molar-refractivity contribution in [1.29, 1.82) is 0 Å². The van der Waals surface area contributed by atoms with E-state index in [-0.39, 0.29) is 0 Å². The van der Waals surface area contributed by atoms with E-state index in [1.807, 2.05) is 18.2 Å². The summed E-state index contributed by atoms with van der Waals surface area (Å²) in [6.07, 6.45) is 0. The molecule has 0 aliphatic heterocycles. The van der Waals surface area contributed by atoms with Crippen LogP contribution in [0, 0.1) is 13.8 Å². The second-order valence-corrected chi connectivity index (χ2v) is 5.94. The number of rotatable bonds is 2. The Hall–Kier alpha value is -1.000. The third-order valence-corrected chi connectivity index (χ3v) is 4.62. The minimum absolute atomic E-state index is 0.746. The minimum Gasteiger partial charge on any atom is -0.399 e. The minimum atomic E-state index is 0.746. The van der Waals surface area contributed by atoms with Crippen molar-refractivity contribution in [2.45, 2.75) is 13.8 Å². The first-order chi connectivity index (χ1) is 8.47. The second-order valence-electron chi connectivity index (χ2n) is 4.29. The average Bonchev–Trinajstić information content (AvgIpc) is 2.29. The Balaban J connectivity index is 2.34. The lowest BCUT2D eigenvalue weighted by molar-refractivity contribution is 1.33. The SMILES string of the molecule is Cc1cc(Nc2ccc(N)cc2Br)cc(C)c1Br. The normalized spacial score (nSPS) is 10.4. The van der Waals surface area contributed by atoms with Gasteiger partial charge in [-0.05, 0) is 71.2 Å². The van der Waals surface area contributed by atoms with Crippen molar-refractivity contribution >= 4 is 48.9 Å². The molecule has 0 atom stereocenters. The van der Waals surface area contributed by atoms with Gasteiger partial charge >= 0.3 is 0 Å². The summed E-state index contributed by atoms with van der Waals surface area (Å²) in [5.41, 5.74) is 11.0. The van der Waals surface area contributed by atoms with E-state index in [0.29, 0.717) is 0 Å². The molecule has 0 fully saturated rings. The van der Waals surface area contributed by atoms with Crippen LogP contribution in [0.25, 0.3) is 0 Å². The Kier molecular flexibility index (Phi) is 3.97. The van der Waals surface area contributed by atoms with Crippen LogP contribution in [0.4, 0.5) is 17.1 Å². The van der Waals surface area contributed by atoms with Gasteiger partial charge in [0.25, 0.3) is 0 Å². The maximum Gasteiger partial charge on any atom is 0.0530 e. The van der Waals surface area contributed by atoms with Crippen molar-refractivity contribution in [3.05, 3.63) is 50.4 Å². The van der Waals surface area contributed by atoms with Crippen LogP contribution in [0.3, 0.4) is 0 Å². The van der Waals surface area contributed by atoms with Gasteiger partial charge in [-0.25, -0.2) is 0 Å². The molecule has 94 valence electrons. The first-order valence-electron chi connectivity index (χ1n) is 5.56. The number of hydrogen-bond acceptors (Lipinski definition) is 2. The quantitative estimate of drug-likeness (QED) is 0.718. The van der Waals surface area contributed by atoms with Gasteiger partial charge in [-0.15, -0.1) is 0 Å². The van der Waals surface area contributed by atoms with Gasteiger partial charge in [0, 0.05) is 20.3 Å². The van der Waals surface area contributed by atoms with E-state index in [2.05, 4.69) is 63.2 Å². The molecule has 18 heavy (non-hydrogen) atoms. The van der Waals surface area contributed by atoms with Crippen LogP contribution in [-0.2, 0) is 0 Å². The first-order valence-corrected chi connectivity index (χ1v) is 7.15. The maximum absolute atomic E-state index is 5.73. The van der Waals surface area contributed by atoms with Gasteiger partial charge in [-0.2, -0.15) is 0 Å². The third kappa shape index (κ3) is 2.87. The lowest BCUT2D eigenvalue weighted by Gasteiger charge is -2.12. The molecular weight excluding hydrogens is 356 g/mol. The Labute approximate surface area is 124 Å². The standard InChI is InChI=1S/C14H14Br2N2/c1-8-5-11(6-9(2)14(8)16)18-13-4-3-10(17)7-12(13)15/h3-7,18H,17H2,1-2H3. The summed E-state index contributed by atoms with van der Waals surface area (Å²) in [7, 11) is 0. The molecular formula is C14H14Br2N2. The molecule has 0 aliphatic carbocycles. The van der Waals surface area contributed by atoms with E-state index in [9.17, 15) is 0 Å². The molecule has 0 spiro atoms. The van der Waals surface area contributed by atoms with E-state index in [4.69, 9.17) is 5.73 Å². The topological polar surface area (TPSA) is 38.0 Å². The summed E-state index contributed by atoms with van der Waals surface area (Å²) in [4.78, 5) is 0. The molecule has 0 aliphatic rings. The van der Waals surface area contributed by atoms with Gasteiger partial charge in [0.15, 0.2) is 0 Å². The van der Waals surface area contributed by atoms with Gasteiger partial charge in [0.2, 0.25) is 0 Å². The predicted molar refractivity (Wildman–Crippen MR) is 85.5 cm³/mol. The summed E-state index contributed by atoms with van der Waals surface area (Å²) in [6, 6.07) is 9.96. The van der Waals surface area contributed by atoms with Gasteiger partial charge in [-0.1, -0.05) is 15.9 Å². The second kappa shape index (κ2) is 5.33. The highest BCUT2D eigenvalue weighted by Crippen LogP contribution is 2.30. The molecule has 0 heterocycles. The van der Waals surface area contributed by atoms with Crippen molar-refractivity contribution in [3.8, 4) is 0 Å². The van der Waals surface area contributed by atoms with Gasteiger partial charge in [0.1, 0.15) is 0 Å². The molecule has 4 heteroatoms. The lowest BCUT2D eigenvalue weighted by Crippen LogP contribution is -1.95. The zero-order valence-corrected chi connectivity index (χ0v) is 13.4. The molecule has 0 saturated carbocycles. The molecule has 2 rings (SSSR count). The number of nitrogen functional groups attached to an aromatic ring is 1. The summed E-state index contributed by atoms with van der Waals surface area (Å²) < 4.78 is 2.12. The van der Waals surface area contributed by atoms with Crippen molar-refractivity contribution in [2.24, 2.45) is 0 Å². The fraction of sp³-hybridized carbons (Fsp3) is 0.143. The monoisotopic (exact) mass is 368 g/mol. The Bertz CT molecular complexity index is 571. The number of halogens is 2. The smallest absolute Gasteiger partial charge is 0.0530 e. The van der Waals surface area contributed by atoms with Gasteiger partial charge in [0.05, 0.1) is 5.69 Å². The van der Waals surface area contributed by atoms with E-state index >= 15 is 0 Å². The molecule has 2 aromatic rings. The molecule has 0 bridgehead atoms. The van der Waals surface area contributed by atoms with Crippen LogP contribution in [0.1, 0.15) is 11.1 Å². The predicted octanol–water partition coefficient (Wildman–Crippen LogP) is 5.15. The number of benzene rings is 2. The van der Waals surface area contributed by atoms with Crippen molar-refractivity contribution < 1.29 is 0 Å². The fourth-order valence-corrected chi connectivity index (χ4v) is 2.53. The number of aryl methyl sites for hydroxylation is 2. The third-order valence-electron chi connectivity index (χ3n) is 2.71. The molecule has 0 radical (unpaired) electrons. The Morgan fingerprint density at radius 3 is 2.17 bits per heavy atom. The highest BCUT2D eigenvalue weighted by molar-refractivity contribution is 9.11. The van der Waals surface area contributed by atoms with Crippen molar-refractivity contribution in [3.63, 3.8) is 0 Å². The van der Waals surface area contributed by atoms with E-state index in [1.54, 1.807) is 0 Å². The molecule has 0 saturated heterocycles. The van der Waals surface area contributed by atoms with E-state index in [0.717, 1.165) is 26.0 Å². The Morgan fingerprint density at radius 1 is 1.00 bits per heavy atom. The molecule has 2 aromatic carbocycles. The number of anilines is 3. The van der Waals surface area contributed by atoms with Gasteiger partial charge in [-0.3, -0.25) is 0 Å². The number of hydrogen-bond donors (Lipinski definition) is 2. The van der Waals surface area contributed by atoms with Crippen LogP contribution in [0.2, 0.25) is 0 Å². The molecule has 0 unspecified atom stereocenters.